The average molecular weight is 591 g/mol. The third kappa shape index (κ3) is 6.76. The van der Waals surface area contributed by atoms with E-state index in [-0.39, 0.29) is 28.1 Å². The molecule has 0 aromatic heterocycles. The van der Waals surface area contributed by atoms with E-state index in [0.717, 1.165) is 12.8 Å². The van der Waals surface area contributed by atoms with Gasteiger partial charge in [-0.05, 0) is 40.4 Å². The van der Waals surface area contributed by atoms with E-state index >= 15 is 0 Å². The molecule has 7 nitrogen and oxygen atoms in total. The van der Waals surface area contributed by atoms with Gasteiger partial charge in [-0.15, -0.1) is 6.58 Å². The first kappa shape index (κ1) is 30.6. The van der Waals surface area contributed by atoms with Crippen LogP contribution < -0.4 is 10.4 Å². The molecule has 41 heavy (non-hydrogen) atoms. The Morgan fingerprint density at radius 2 is 1.54 bits per heavy atom. The van der Waals surface area contributed by atoms with Gasteiger partial charge in [0, 0.05) is 37.7 Å². The van der Waals surface area contributed by atoms with Crippen LogP contribution in [-0.4, -0.2) is 45.7 Å². The lowest BCUT2D eigenvalue weighted by Crippen LogP contribution is -2.66. The number of hydrogen-bond acceptors (Lipinski definition) is 5. The largest absolute Gasteiger partial charge is 0.407 e. The van der Waals surface area contributed by atoms with Crippen molar-refractivity contribution in [2.24, 2.45) is 5.92 Å². The molecule has 1 atom stereocenters. The predicted octanol–water partition coefficient (Wildman–Crippen LogP) is 5.68. The second-order valence-corrected chi connectivity index (χ2v) is 17.6. The second-order valence-electron chi connectivity index (χ2n) is 11.3. The molecule has 0 radical (unpaired) electrons. The van der Waals surface area contributed by atoms with Crippen LogP contribution >= 0.6 is 0 Å². The topological polar surface area (TPSA) is 89.8 Å². The fraction of sp³-hybridized carbons (Fsp3) is 0.312. The number of hydrogen-bond donors (Lipinski definition) is 0. The van der Waals surface area contributed by atoms with Crippen LogP contribution in [0.1, 0.15) is 33.6 Å². The summed E-state index contributed by atoms with van der Waals surface area (Å²) >= 11 is 0. The molecule has 0 saturated carbocycles. The van der Waals surface area contributed by atoms with E-state index in [1.165, 1.54) is 44.5 Å². The molecule has 3 aromatic rings. The number of benzene rings is 3. The number of non-ortho nitro benzene ring substituents is 1. The van der Waals surface area contributed by atoms with Crippen molar-refractivity contribution in [2.45, 2.75) is 43.5 Å². The highest BCUT2D eigenvalue weighted by Crippen LogP contribution is 2.38. The Kier molecular flexibility index (Phi) is 9.43. The third-order valence-corrected chi connectivity index (χ3v) is 14.4. The second kappa shape index (κ2) is 12.6. The first-order valence-corrected chi connectivity index (χ1v) is 17.2. The third-order valence-electron chi connectivity index (χ3n) is 7.55. The maximum Gasteiger partial charge on any atom is 0.269 e. The highest BCUT2D eigenvalue weighted by Gasteiger charge is 2.50. The van der Waals surface area contributed by atoms with E-state index in [4.69, 9.17) is 4.43 Å². The number of nitro benzene ring substituents is 1. The monoisotopic (exact) mass is 590 g/mol. The van der Waals surface area contributed by atoms with Gasteiger partial charge in [0.1, 0.15) is 0 Å². The van der Waals surface area contributed by atoms with E-state index in [2.05, 4.69) is 82.0 Å². The summed E-state index contributed by atoms with van der Waals surface area (Å²) in [6.45, 7) is 11.6. The molecular weight excluding hydrogens is 553 g/mol. The van der Waals surface area contributed by atoms with E-state index in [1.54, 1.807) is 6.08 Å². The fourth-order valence-corrected chi connectivity index (χ4v) is 11.5. The van der Waals surface area contributed by atoms with Gasteiger partial charge in [0.25, 0.3) is 14.0 Å². The zero-order chi connectivity index (χ0) is 29.7. The van der Waals surface area contributed by atoms with Gasteiger partial charge in [-0.3, -0.25) is 10.1 Å². The van der Waals surface area contributed by atoms with Gasteiger partial charge >= 0.3 is 0 Å². The maximum absolute atomic E-state index is 13.3. The van der Waals surface area contributed by atoms with Crippen LogP contribution in [0.3, 0.4) is 0 Å². The molecule has 9 heteroatoms. The van der Waals surface area contributed by atoms with Gasteiger partial charge < -0.3 is 4.43 Å². The fourth-order valence-electron chi connectivity index (χ4n) is 5.44. The van der Waals surface area contributed by atoms with Crippen molar-refractivity contribution in [3.05, 3.63) is 119 Å². The molecule has 0 bridgehead atoms. The highest BCUT2D eigenvalue weighted by molar-refractivity contribution is 7.89. The van der Waals surface area contributed by atoms with E-state index < -0.39 is 23.3 Å². The highest BCUT2D eigenvalue weighted by atomic mass is 32.2. The summed E-state index contributed by atoms with van der Waals surface area (Å²) in [6.07, 6.45) is 5.35. The van der Waals surface area contributed by atoms with Gasteiger partial charge in [0.05, 0.1) is 9.82 Å². The van der Waals surface area contributed by atoms with Crippen molar-refractivity contribution >= 4 is 34.4 Å². The molecule has 0 N–H and O–H groups in total. The van der Waals surface area contributed by atoms with Gasteiger partial charge in [-0.25, -0.2) is 8.42 Å². The Hall–Kier alpha value is -3.37. The van der Waals surface area contributed by atoms with Gasteiger partial charge in [-0.1, -0.05) is 99.2 Å². The Morgan fingerprint density at radius 1 is 0.976 bits per heavy atom. The minimum Gasteiger partial charge on any atom is -0.407 e. The zero-order valence-electron chi connectivity index (χ0n) is 23.9. The molecule has 0 saturated heterocycles. The lowest BCUT2D eigenvalue weighted by Gasteiger charge is -2.43. The predicted molar refractivity (Wildman–Crippen MR) is 166 cm³/mol. The summed E-state index contributed by atoms with van der Waals surface area (Å²) in [7, 11) is -6.41. The molecule has 216 valence electrons. The summed E-state index contributed by atoms with van der Waals surface area (Å²) in [5.41, 5.74) is 1.08. The van der Waals surface area contributed by atoms with Crippen LogP contribution in [-0.2, 0) is 14.4 Å². The average Bonchev–Trinajstić information content (AvgIpc) is 3.70. The number of rotatable bonds is 14. The van der Waals surface area contributed by atoms with E-state index in [9.17, 15) is 18.5 Å². The Morgan fingerprint density at radius 3 is 2.02 bits per heavy atom. The molecule has 0 fully saturated rings. The lowest BCUT2D eigenvalue weighted by atomic mass is 10.2. The number of sulfonamides is 1. The molecule has 0 amide bonds. The van der Waals surface area contributed by atoms with Crippen molar-refractivity contribution in [1.82, 2.24) is 4.31 Å². The van der Waals surface area contributed by atoms with Gasteiger partial charge in [-0.2, -0.15) is 4.31 Å². The molecule has 0 heterocycles. The van der Waals surface area contributed by atoms with Crippen molar-refractivity contribution in [3.8, 4) is 0 Å². The number of nitro groups is 1. The summed E-state index contributed by atoms with van der Waals surface area (Å²) in [5.74, 6) is 0.0654. The summed E-state index contributed by atoms with van der Waals surface area (Å²) < 4.78 is 34.9. The molecule has 3 aromatic carbocycles. The number of nitrogens with zero attached hydrogens (tertiary/aromatic N) is 2. The van der Waals surface area contributed by atoms with Crippen molar-refractivity contribution < 1.29 is 17.8 Å². The Labute approximate surface area is 244 Å². The van der Waals surface area contributed by atoms with Crippen molar-refractivity contribution in [2.75, 3.05) is 19.7 Å². The molecular formula is C32H38N2O5SSi. The van der Waals surface area contributed by atoms with Crippen molar-refractivity contribution in [3.63, 3.8) is 0 Å². The van der Waals surface area contributed by atoms with Crippen LogP contribution in [0.5, 0.6) is 0 Å². The first-order chi connectivity index (χ1) is 19.5. The van der Waals surface area contributed by atoms with Crippen LogP contribution in [0, 0.1) is 16.0 Å². The smallest absolute Gasteiger partial charge is 0.269 e. The minimum absolute atomic E-state index is 0.0332. The van der Waals surface area contributed by atoms with Crippen molar-refractivity contribution in [1.29, 1.82) is 0 Å². The summed E-state index contributed by atoms with van der Waals surface area (Å²) in [6, 6.07) is 26.1. The zero-order valence-corrected chi connectivity index (χ0v) is 25.7. The van der Waals surface area contributed by atoms with Crippen LogP contribution in [0.25, 0.3) is 0 Å². The first-order valence-electron chi connectivity index (χ1n) is 13.8. The van der Waals surface area contributed by atoms with Gasteiger partial charge in [0.2, 0.25) is 10.0 Å². The normalized spacial score (nSPS) is 15.4. The molecule has 4 rings (SSSR count). The van der Waals surface area contributed by atoms with Crippen LogP contribution in [0.15, 0.2) is 114 Å². The van der Waals surface area contributed by atoms with Crippen LogP contribution in [0.2, 0.25) is 5.04 Å². The lowest BCUT2D eigenvalue weighted by molar-refractivity contribution is -0.384. The molecule has 0 spiro atoms. The van der Waals surface area contributed by atoms with E-state index in [1.807, 2.05) is 12.1 Å². The molecule has 1 aliphatic carbocycles. The summed E-state index contributed by atoms with van der Waals surface area (Å²) in [4.78, 5) is 10.5. The quantitative estimate of drug-likeness (QED) is 0.0792. The molecule has 0 aliphatic heterocycles. The Balaban J connectivity index is 1.40. The maximum atomic E-state index is 13.3. The van der Waals surface area contributed by atoms with Gasteiger partial charge in [0.15, 0.2) is 0 Å². The van der Waals surface area contributed by atoms with Crippen LogP contribution in [0.4, 0.5) is 5.69 Å². The van der Waals surface area contributed by atoms with E-state index in [0.29, 0.717) is 13.2 Å². The molecule has 1 aliphatic rings. The SMILES string of the molecule is C=CCN(CC1C=C1CCCO[Si](c1ccccc1)(c1ccccc1)C(C)(C)C)S(=O)(=O)c1ccc([N+](=O)[O-])cc1. The molecule has 1 unspecified atom stereocenters. The Bertz CT molecular complexity index is 1450. The standard InChI is InChI=1S/C32H38N2O5SSi/c1-5-22-33(40(37,38)29-20-18-28(19-21-29)34(35)36)25-27-24-26(27)13-12-23-39-41(32(2,3)4,30-14-8-6-9-15-30)31-16-10-7-11-17-31/h5-11,14-21,24,27H,1,12-13,22-23,25H2,2-4H3. The summed E-state index contributed by atoms with van der Waals surface area (Å²) in [5, 5.41) is 13.4. The minimum atomic E-state index is -3.82.